The molecule has 0 fully saturated rings. The molecule has 0 radical (unpaired) electrons. The second-order valence-corrected chi connectivity index (χ2v) is 5.45. The highest BCUT2D eigenvalue weighted by Crippen LogP contribution is 2.25. The largest absolute Gasteiger partial charge is 0.457 e. The first-order valence-corrected chi connectivity index (χ1v) is 6.88. The molecule has 0 aliphatic carbocycles. The van der Waals surface area contributed by atoms with Crippen LogP contribution in [0, 0.1) is 6.92 Å². The Kier molecular flexibility index (Phi) is 3.36. The molecule has 0 aliphatic rings. The Hall–Kier alpha value is -1.85. The molecule has 0 aliphatic heterocycles. The lowest BCUT2D eigenvalue weighted by Crippen LogP contribution is -2.11. The van der Waals surface area contributed by atoms with E-state index in [0.717, 1.165) is 11.3 Å². The summed E-state index contributed by atoms with van der Waals surface area (Å²) in [6.07, 6.45) is 0. The molecule has 2 aromatic rings. The van der Waals surface area contributed by atoms with E-state index in [1.807, 2.05) is 31.2 Å². The predicted octanol–water partition coefficient (Wildman–Crippen LogP) is 2.43. The molecule has 0 bridgehead atoms. The van der Waals surface area contributed by atoms with E-state index < -0.39 is 10.0 Å². The smallest absolute Gasteiger partial charge is 0.238 e. The van der Waals surface area contributed by atoms with Crippen molar-refractivity contribution in [1.29, 1.82) is 0 Å². The Balaban J connectivity index is 2.24. The summed E-state index contributed by atoms with van der Waals surface area (Å²) in [4.78, 5) is 0.0691. The number of hydrogen-bond acceptors (Lipinski definition) is 3. The van der Waals surface area contributed by atoms with E-state index in [9.17, 15) is 8.42 Å². The lowest BCUT2D eigenvalue weighted by atomic mass is 10.2. The first-order chi connectivity index (χ1) is 8.47. The SMILES string of the molecule is Cc1ccccc1Oc1ccc(S(N)(=O)=O)cc1. The molecular formula is C13H13NO3S. The van der Waals surface area contributed by atoms with Crippen LogP contribution in [0.5, 0.6) is 11.5 Å². The van der Waals surface area contributed by atoms with Gasteiger partial charge < -0.3 is 4.74 Å². The summed E-state index contributed by atoms with van der Waals surface area (Å²) >= 11 is 0. The minimum Gasteiger partial charge on any atom is -0.457 e. The zero-order valence-electron chi connectivity index (χ0n) is 9.83. The van der Waals surface area contributed by atoms with E-state index in [1.165, 1.54) is 12.1 Å². The maximum atomic E-state index is 11.1. The van der Waals surface area contributed by atoms with Gasteiger partial charge in [-0.05, 0) is 42.8 Å². The van der Waals surface area contributed by atoms with Crippen molar-refractivity contribution in [3.8, 4) is 11.5 Å². The molecule has 0 saturated heterocycles. The van der Waals surface area contributed by atoms with Crippen molar-refractivity contribution in [2.24, 2.45) is 5.14 Å². The van der Waals surface area contributed by atoms with Crippen LogP contribution in [-0.2, 0) is 10.0 Å². The summed E-state index contributed by atoms with van der Waals surface area (Å²) in [6, 6.07) is 13.6. The lowest BCUT2D eigenvalue weighted by molar-refractivity contribution is 0.478. The quantitative estimate of drug-likeness (QED) is 0.924. The van der Waals surface area contributed by atoms with Gasteiger partial charge in [0, 0.05) is 0 Å². The molecular weight excluding hydrogens is 250 g/mol. The van der Waals surface area contributed by atoms with E-state index in [4.69, 9.17) is 9.88 Å². The fourth-order valence-corrected chi connectivity index (χ4v) is 2.01. The van der Waals surface area contributed by atoms with Crippen molar-refractivity contribution in [3.63, 3.8) is 0 Å². The van der Waals surface area contributed by atoms with Crippen molar-refractivity contribution in [2.75, 3.05) is 0 Å². The number of hydrogen-bond donors (Lipinski definition) is 1. The van der Waals surface area contributed by atoms with Gasteiger partial charge in [-0.25, -0.2) is 13.6 Å². The van der Waals surface area contributed by atoms with Gasteiger partial charge in [0.05, 0.1) is 4.90 Å². The molecule has 0 heterocycles. The normalized spacial score (nSPS) is 11.2. The van der Waals surface area contributed by atoms with Crippen LogP contribution in [0.25, 0.3) is 0 Å². The molecule has 0 spiro atoms. The van der Waals surface area contributed by atoms with Gasteiger partial charge in [-0.1, -0.05) is 18.2 Å². The molecule has 2 rings (SSSR count). The van der Waals surface area contributed by atoms with E-state index in [2.05, 4.69) is 0 Å². The Labute approximate surface area is 106 Å². The second kappa shape index (κ2) is 4.80. The van der Waals surface area contributed by atoms with E-state index in [-0.39, 0.29) is 4.90 Å². The van der Waals surface area contributed by atoms with Crippen molar-refractivity contribution in [1.82, 2.24) is 0 Å². The molecule has 2 N–H and O–H groups in total. The minimum absolute atomic E-state index is 0.0691. The zero-order valence-corrected chi connectivity index (χ0v) is 10.6. The number of nitrogens with two attached hydrogens (primary N) is 1. The Morgan fingerprint density at radius 3 is 2.17 bits per heavy atom. The molecule has 2 aromatic carbocycles. The molecule has 0 atom stereocenters. The fraction of sp³-hybridized carbons (Fsp3) is 0.0769. The number of sulfonamides is 1. The van der Waals surface area contributed by atoms with Gasteiger partial charge in [0.1, 0.15) is 11.5 Å². The lowest BCUT2D eigenvalue weighted by Gasteiger charge is -2.08. The third-order valence-electron chi connectivity index (χ3n) is 2.47. The Morgan fingerprint density at radius 1 is 1.00 bits per heavy atom. The van der Waals surface area contributed by atoms with Crippen LogP contribution in [0.2, 0.25) is 0 Å². The maximum Gasteiger partial charge on any atom is 0.238 e. The van der Waals surface area contributed by atoms with Gasteiger partial charge in [-0.15, -0.1) is 0 Å². The van der Waals surface area contributed by atoms with Gasteiger partial charge in [-0.3, -0.25) is 0 Å². The number of primary sulfonamides is 1. The minimum atomic E-state index is -3.66. The van der Waals surface area contributed by atoms with Crippen LogP contribution in [-0.4, -0.2) is 8.42 Å². The molecule has 0 aromatic heterocycles. The number of benzene rings is 2. The number of para-hydroxylation sites is 1. The van der Waals surface area contributed by atoms with Gasteiger partial charge in [0.15, 0.2) is 0 Å². The predicted molar refractivity (Wildman–Crippen MR) is 69.1 cm³/mol. The summed E-state index contributed by atoms with van der Waals surface area (Å²) in [5.41, 5.74) is 1.01. The zero-order chi connectivity index (χ0) is 13.2. The van der Waals surface area contributed by atoms with E-state index in [1.54, 1.807) is 12.1 Å². The molecule has 0 saturated carbocycles. The van der Waals surface area contributed by atoms with Crippen LogP contribution in [0.15, 0.2) is 53.4 Å². The van der Waals surface area contributed by atoms with Crippen LogP contribution in [0.1, 0.15) is 5.56 Å². The van der Waals surface area contributed by atoms with Crippen LogP contribution < -0.4 is 9.88 Å². The van der Waals surface area contributed by atoms with Crippen molar-refractivity contribution < 1.29 is 13.2 Å². The number of ether oxygens (including phenoxy) is 1. The molecule has 94 valence electrons. The average molecular weight is 263 g/mol. The summed E-state index contributed by atoms with van der Waals surface area (Å²) in [5, 5.41) is 5.01. The fourth-order valence-electron chi connectivity index (χ4n) is 1.50. The first kappa shape index (κ1) is 12.6. The summed E-state index contributed by atoms with van der Waals surface area (Å²) < 4.78 is 27.8. The summed E-state index contributed by atoms with van der Waals surface area (Å²) in [7, 11) is -3.66. The molecule has 5 heteroatoms. The summed E-state index contributed by atoms with van der Waals surface area (Å²) in [5.74, 6) is 1.30. The van der Waals surface area contributed by atoms with Gasteiger partial charge in [0.2, 0.25) is 10.0 Å². The van der Waals surface area contributed by atoms with Crippen LogP contribution in [0.4, 0.5) is 0 Å². The highest BCUT2D eigenvalue weighted by atomic mass is 32.2. The van der Waals surface area contributed by atoms with Crippen LogP contribution >= 0.6 is 0 Å². The van der Waals surface area contributed by atoms with E-state index >= 15 is 0 Å². The van der Waals surface area contributed by atoms with Crippen LogP contribution in [0.3, 0.4) is 0 Å². The monoisotopic (exact) mass is 263 g/mol. The number of aryl methyl sites for hydroxylation is 1. The molecule has 18 heavy (non-hydrogen) atoms. The van der Waals surface area contributed by atoms with Gasteiger partial charge >= 0.3 is 0 Å². The third kappa shape index (κ3) is 2.88. The standard InChI is InChI=1S/C13H13NO3S/c1-10-4-2-3-5-13(10)17-11-6-8-12(9-7-11)18(14,15)16/h2-9H,1H3,(H2,14,15,16). The maximum absolute atomic E-state index is 11.1. The van der Waals surface area contributed by atoms with Crippen molar-refractivity contribution in [3.05, 3.63) is 54.1 Å². The highest BCUT2D eigenvalue weighted by Gasteiger charge is 2.07. The molecule has 4 nitrogen and oxygen atoms in total. The molecule has 0 unspecified atom stereocenters. The Bertz CT molecular complexity index is 648. The average Bonchev–Trinajstić information content (AvgIpc) is 2.32. The molecule has 0 amide bonds. The highest BCUT2D eigenvalue weighted by molar-refractivity contribution is 7.89. The second-order valence-electron chi connectivity index (χ2n) is 3.88. The first-order valence-electron chi connectivity index (χ1n) is 5.33. The van der Waals surface area contributed by atoms with Crippen molar-refractivity contribution >= 4 is 10.0 Å². The van der Waals surface area contributed by atoms with Crippen molar-refractivity contribution in [2.45, 2.75) is 11.8 Å². The van der Waals surface area contributed by atoms with E-state index in [0.29, 0.717) is 5.75 Å². The topological polar surface area (TPSA) is 69.4 Å². The Morgan fingerprint density at radius 2 is 1.61 bits per heavy atom. The number of rotatable bonds is 3. The summed E-state index contributed by atoms with van der Waals surface area (Å²) in [6.45, 7) is 1.94. The van der Waals surface area contributed by atoms with Gasteiger partial charge in [-0.2, -0.15) is 0 Å². The van der Waals surface area contributed by atoms with Gasteiger partial charge in [0.25, 0.3) is 0 Å². The third-order valence-corrected chi connectivity index (χ3v) is 3.40.